The fourth-order valence-corrected chi connectivity index (χ4v) is 1.63. The topological polar surface area (TPSA) is 12.0 Å². The van der Waals surface area contributed by atoms with Gasteiger partial charge >= 0.3 is 0 Å². The molecule has 0 heterocycles. The highest BCUT2D eigenvalue weighted by molar-refractivity contribution is 9.10. The van der Waals surface area contributed by atoms with Crippen molar-refractivity contribution in [3.63, 3.8) is 0 Å². The summed E-state index contributed by atoms with van der Waals surface area (Å²) in [7, 11) is 0. The Kier molecular flexibility index (Phi) is 4.72. The Morgan fingerprint density at radius 1 is 1.43 bits per heavy atom. The van der Waals surface area contributed by atoms with Crippen LogP contribution in [-0.4, -0.2) is 6.54 Å². The molecule has 1 rings (SSSR count). The van der Waals surface area contributed by atoms with E-state index >= 15 is 0 Å². The molecular formula is C12H14BrN. The van der Waals surface area contributed by atoms with Gasteiger partial charge in [-0.1, -0.05) is 35.0 Å². The Balaban J connectivity index is 2.77. The fraction of sp³-hybridized carbons (Fsp3) is 0.333. The smallest absolute Gasteiger partial charge is 0.0430 e. The molecule has 1 N–H and O–H groups in total. The van der Waals surface area contributed by atoms with Crippen LogP contribution in [0.1, 0.15) is 24.9 Å². The summed E-state index contributed by atoms with van der Waals surface area (Å²) in [4.78, 5) is 0. The Hall–Kier alpha value is -0.780. The zero-order valence-corrected chi connectivity index (χ0v) is 9.84. The van der Waals surface area contributed by atoms with E-state index in [1.807, 2.05) is 12.1 Å². The maximum Gasteiger partial charge on any atom is 0.0430 e. The SMILES string of the molecule is C#CCC(NCC)c1ccc(Br)cc1. The molecule has 0 radical (unpaired) electrons. The number of halogens is 1. The maximum atomic E-state index is 5.33. The lowest BCUT2D eigenvalue weighted by Gasteiger charge is -2.15. The molecule has 0 aliphatic carbocycles. The molecule has 0 bridgehead atoms. The van der Waals surface area contributed by atoms with Gasteiger partial charge in [0, 0.05) is 16.9 Å². The summed E-state index contributed by atoms with van der Waals surface area (Å²) >= 11 is 3.41. The Bertz CT molecular complexity index is 310. The van der Waals surface area contributed by atoms with Crippen LogP contribution in [0.15, 0.2) is 28.7 Å². The first-order chi connectivity index (χ1) is 6.77. The molecule has 1 atom stereocenters. The number of terminal acetylenes is 1. The zero-order valence-electron chi connectivity index (χ0n) is 8.26. The first-order valence-corrected chi connectivity index (χ1v) is 5.49. The van der Waals surface area contributed by atoms with Gasteiger partial charge in [-0.05, 0) is 24.2 Å². The van der Waals surface area contributed by atoms with Crippen molar-refractivity contribution < 1.29 is 0 Å². The lowest BCUT2D eigenvalue weighted by molar-refractivity contribution is 0.565. The zero-order chi connectivity index (χ0) is 10.4. The number of nitrogens with one attached hydrogen (secondary N) is 1. The summed E-state index contributed by atoms with van der Waals surface area (Å²) in [5.74, 6) is 2.69. The minimum absolute atomic E-state index is 0.276. The van der Waals surface area contributed by atoms with E-state index in [0.717, 1.165) is 17.4 Å². The van der Waals surface area contributed by atoms with Crippen molar-refractivity contribution in [1.82, 2.24) is 5.32 Å². The summed E-state index contributed by atoms with van der Waals surface area (Å²) in [6.45, 7) is 3.02. The van der Waals surface area contributed by atoms with Gasteiger partial charge in [-0.25, -0.2) is 0 Å². The lowest BCUT2D eigenvalue weighted by Crippen LogP contribution is -2.20. The molecule has 0 aliphatic heterocycles. The normalized spacial score (nSPS) is 12.1. The molecule has 1 nitrogen and oxygen atoms in total. The van der Waals surface area contributed by atoms with Crippen LogP contribution in [0, 0.1) is 12.3 Å². The summed E-state index contributed by atoms with van der Waals surface area (Å²) in [5, 5.41) is 3.36. The predicted octanol–water partition coefficient (Wildman–Crippen LogP) is 3.12. The minimum atomic E-state index is 0.276. The third-order valence-corrected chi connectivity index (χ3v) is 2.57. The van der Waals surface area contributed by atoms with Crippen molar-refractivity contribution in [2.75, 3.05) is 6.54 Å². The van der Waals surface area contributed by atoms with Gasteiger partial charge in [0.1, 0.15) is 0 Å². The second kappa shape index (κ2) is 5.85. The maximum absolute atomic E-state index is 5.33. The fourth-order valence-electron chi connectivity index (χ4n) is 1.37. The van der Waals surface area contributed by atoms with E-state index in [2.05, 4.69) is 46.2 Å². The molecule has 0 saturated heterocycles. The second-order valence-electron chi connectivity index (χ2n) is 3.07. The number of hydrogen-bond acceptors (Lipinski definition) is 1. The van der Waals surface area contributed by atoms with Crippen LogP contribution in [-0.2, 0) is 0 Å². The Morgan fingerprint density at radius 2 is 2.07 bits per heavy atom. The standard InChI is InChI=1S/C12H14BrN/c1-3-5-12(14-4-2)10-6-8-11(13)9-7-10/h1,6-9,12,14H,4-5H2,2H3. The lowest BCUT2D eigenvalue weighted by atomic mass is 10.0. The minimum Gasteiger partial charge on any atom is -0.309 e. The molecule has 0 aliphatic rings. The van der Waals surface area contributed by atoms with Crippen LogP contribution in [0.25, 0.3) is 0 Å². The van der Waals surface area contributed by atoms with E-state index in [4.69, 9.17) is 6.42 Å². The van der Waals surface area contributed by atoms with Gasteiger partial charge in [-0.2, -0.15) is 0 Å². The van der Waals surface area contributed by atoms with Crippen LogP contribution in [0.4, 0.5) is 0 Å². The average Bonchev–Trinajstić information content (AvgIpc) is 2.19. The average molecular weight is 252 g/mol. The van der Waals surface area contributed by atoms with Gasteiger partial charge in [0.25, 0.3) is 0 Å². The van der Waals surface area contributed by atoms with Gasteiger partial charge < -0.3 is 5.32 Å². The number of rotatable bonds is 4. The van der Waals surface area contributed by atoms with Crippen molar-refractivity contribution in [3.05, 3.63) is 34.3 Å². The summed E-state index contributed by atoms with van der Waals surface area (Å²) in [6, 6.07) is 8.54. The number of benzene rings is 1. The van der Waals surface area contributed by atoms with Crippen LogP contribution in [0.3, 0.4) is 0 Å². The third kappa shape index (κ3) is 3.17. The first-order valence-electron chi connectivity index (χ1n) is 4.70. The molecule has 0 amide bonds. The quantitative estimate of drug-likeness (QED) is 0.812. The molecule has 0 saturated carbocycles. The Morgan fingerprint density at radius 3 is 2.57 bits per heavy atom. The van der Waals surface area contributed by atoms with Gasteiger partial charge in [0.2, 0.25) is 0 Å². The molecule has 1 aromatic rings. The highest BCUT2D eigenvalue weighted by Gasteiger charge is 2.07. The number of hydrogen-bond donors (Lipinski definition) is 1. The van der Waals surface area contributed by atoms with Crippen LogP contribution in [0.2, 0.25) is 0 Å². The summed E-state index contributed by atoms with van der Waals surface area (Å²) in [6.07, 6.45) is 6.06. The molecule has 0 aromatic heterocycles. The van der Waals surface area contributed by atoms with E-state index < -0.39 is 0 Å². The molecule has 1 aromatic carbocycles. The molecule has 14 heavy (non-hydrogen) atoms. The molecular weight excluding hydrogens is 238 g/mol. The molecule has 1 unspecified atom stereocenters. The van der Waals surface area contributed by atoms with E-state index in [9.17, 15) is 0 Å². The molecule has 74 valence electrons. The van der Waals surface area contributed by atoms with Crippen LogP contribution >= 0.6 is 15.9 Å². The monoisotopic (exact) mass is 251 g/mol. The van der Waals surface area contributed by atoms with E-state index in [0.29, 0.717) is 0 Å². The van der Waals surface area contributed by atoms with Gasteiger partial charge in [0.05, 0.1) is 0 Å². The van der Waals surface area contributed by atoms with Crippen molar-refractivity contribution in [3.8, 4) is 12.3 Å². The highest BCUT2D eigenvalue weighted by Crippen LogP contribution is 2.18. The van der Waals surface area contributed by atoms with Crippen molar-refractivity contribution >= 4 is 15.9 Å². The molecule has 2 heteroatoms. The van der Waals surface area contributed by atoms with Gasteiger partial charge in [-0.15, -0.1) is 12.3 Å². The van der Waals surface area contributed by atoms with Crippen LogP contribution in [0.5, 0.6) is 0 Å². The van der Waals surface area contributed by atoms with Crippen molar-refractivity contribution in [2.45, 2.75) is 19.4 Å². The molecule has 0 spiro atoms. The Labute approximate surface area is 94.0 Å². The van der Waals surface area contributed by atoms with E-state index in [1.54, 1.807) is 0 Å². The first kappa shape index (κ1) is 11.3. The highest BCUT2D eigenvalue weighted by atomic mass is 79.9. The van der Waals surface area contributed by atoms with E-state index in [-0.39, 0.29) is 6.04 Å². The second-order valence-corrected chi connectivity index (χ2v) is 3.99. The summed E-state index contributed by atoms with van der Waals surface area (Å²) in [5.41, 5.74) is 1.24. The van der Waals surface area contributed by atoms with Gasteiger partial charge in [-0.3, -0.25) is 0 Å². The third-order valence-electron chi connectivity index (χ3n) is 2.04. The largest absolute Gasteiger partial charge is 0.309 e. The van der Waals surface area contributed by atoms with Gasteiger partial charge in [0.15, 0.2) is 0 Å². The van der Waals surface area contributed by atoms with Crippen molar-refractivity contribution in [2.24, 2.45) is 0 Å². The van der Waals surface area contributed by atoms with Crippen LogP contribution < -0.4 is 5.32 Å². The predicted molar refractivity (Wildman–Crippen MR) is 64.0 cm³/mol. The molecule has 0 fully saturated rings. The van der Waals surface area contributed by atoms with E-state index in [1.165, 1.54) is 5.56 Å². The van der Waals surface area contributed by atoms with Crippen molar-refractivity contribution in [1.29, 1.82) is 0 Å². The summed E-state index contributed by atoms with van der Waals surface area (Å²) < 4.78 is 1.09.